The first-order valence-electron chi connectivity index (χ1n) is 5.41. The molecule has 0 radical (unpaired) electrons. The summed E-state index contributed by atoms with van der Waals surface area (Å²) in [5, 5.41) is 11.7. The topological polar surface area (TPSA) is 79.3 Å². The number of thiazole rings is 1. The molecule has 2 rings (SSSR count). The van der Waals surface area contributed by atoms with E-state index in [1.54, 1.807) is 11.6 Å². The Labute approximate surface area is 130 Å². The van der Waals surface area contributed by atoms with Crippen LogP contribution in [0.2, 0.25) is 10.0 Å². The van der Waals surface area contributed by atoms with Gasteiger partial charge in [-0.3, -0.25) is 0 Å². The number of hydrogen-bond donors (Lipinski definition) is 2. The number of halogens is 2. The van der Waals surface area contributed by atoms with Gasteiger partial charge in [0.25, 0.3) is 0 Å². The summed E-state index contributed by atoms with van der Waals surface area (Å²) in [6.45, 7) is -0.328. The third-order valence-corrected chi connectivity index (χ3v) is 5.42. The van der Waals surface area contributed by atoms with Crippen LogP contribution in [0.1, 0.15) is 10.6 Å². The predicted octanol–water partition coefficient (Wildman–Crippen LogP) is 2.42. The van der Waals surface area contributed by atoms with Crippen molar-refractivity contribution in [1.29, 1.82) is 0 Å². The molecule has 0 spiro atoms. The lowest BCUT2D eigenvalue weighted by Gasteiger charge is -2.10. The molecule has 20 heavy (non-hydrogen) atoms. The van der Waals surface area contributed by atoms with Gasteiger partial charge in [0.05, 0.1) is 18.2 Å². The lowest BCUT2D eigenvalue weighted by Crippen LogP contribution is -2.23. The number of hydrogen-bond acceptors (Lipinski definition) is 5. The van der Waals surface area contributed by atoms with Crippen molar-refractivity contribution >= 4 is 44.6 Å². The quantitative estimate of drug-likeness (QED) is 0.865. The Hall–Kier alpha value is -0.700. The van der Waals surface area contributed by atoms with Crippen LogP contribution < -0.4 is 4.72 Å². The maximum atomic E-state index is 12.2. The first kappa shape index (κ1) is 15.7. The molecule has 0 fully saturated rings. The van der Waals surface area contributed by atoms with Gasteiger partial charge in [0, 0.05) is 16.6 Å². The van der Waals surface area contributed by atoms with Crippen LogP contribution in [0.25, 0.3) is 0 Å². The van der Waals surface area contributed by atoms with E-state index in [9.17, 15) is 8.42 Å². The zero-order valence-electron chi connectivity index (χ0n) is 10.0. The van der Waals surface area contributed by atoms with Crippen LogP contribution >= 0.6 is 34.5 Å². The molecule has 0 unspecified atom stereocenters. The average molecular weight is 353 g/mol. The summed E-state index contributed by atoms with van der Waals surface area (Å²) in [4.78, 5) is 3.82. The van der Waals surface area contributed by atoms with Gasteiger partial charge in [0.1, 0.15) is 9.90 Å². The number of nitrogens with zero attached hydrogens (tertiary/aromatic N) is 1. The number of aromatic nitrogens is 1. The van der Waals surface area contributed by atoms with E-state index < -0.39 is 16.6 Å². The van der Waals surface area contributed by atoms with E-state index in [-0.39, 0.29) is 27.0 Å². The lowest BCUT2D eigenvalue weighted by molar-refractivity contribution is 0.281. The van der Waals surface area contributed by atoms with Crippen molar-refractivity contribution in [1.82, 2.24) is 9.71 Å². The predicted molar refractivity (Wildman–Crippen MR) is 78.5 cm³/mol. The fourth-order valence-electron chi connectivity index (χ4n) is 1.50. The maximum Gasteiger partial charge on any atom is 0.242 e. The number of sulfonamides is 1. The number of aliphatic hydroxyl groups is 1. The van der Waals surface area contributed by atoms with Crippen molar-refractivity contribution in [3.8, 4) is 0 Å². The monoisotopic (exact) mass is 352 g/mol. The Kier molecular flexibility index (Phi) is 5.00. The molecule has 0 aliphatic heterocycles. The molecule has 0 amide bonds. The Bertz CT molecular complexity index is 703. The molecule has 1 aromatic heterocycles. The zero-order valence-corrected chi connectivity index (χ0v) is 13.2. The maximum absolute atomic E-state index is 12.2. The van der Waals surface area contributed by atoms with Crippen molar-refractivity contribution in [2.75, 3.05) is 0 Å². The van der Waals surface area contributed by atoms with Gasteiger partial charge in [-0.05, 0) is 17.7 Å². The van der Waals surface area contributed by atoms with Crippen LogP contribution in [0.4, 0.5) is 0 Å². The average Bonchev–Trinajstić information content (AvgIpc) is 2.92. The molecule has 0 atom stereocenters. The second-order valence-corrected chi connectivity index (χ2v) is 7.31. The van der Waals surface area contributed by atoms with Crippen LogP contribution in [0.3, 0.4) is 0 Å². The van der Waals surface area contributed by atoms with Crippen LogP contribution in [0.15, 0.2) is 28.6 Å². The molecular weight excluding hydrogens is 343 g/mol. The second-order valence-electron chi connectivity index (χ2n) is 3.79. The molecule has 0 aliphatic carbocycles. The molecule has 0 saturated carbocycles. The van der Waals surface area contributed by atoms with Crippen LogP contribution in [-0.2, 0) is 23.2 Å². The number of nitrogens with one attached hydrogen (secondary N) is 1. The van der Waals surface area contributed by atoms with Crippen molar-refractivity contribution in [2.45, 2.75) is 18.0 Å². The van der Waals surface area contributed by atoms with E-state index in [0.717, 1.165) is 0 Å². The number of benzene rings is 1. The van der Waals surface area contributed by atoms with E-state index in [4.69, 9.17) is 28.3 Å². The molecule has 1 aromatic carbocycles. The van der Waals surface area contributed by atoms with E-state index in [0.29, 0.717) is 5.01 Å². The highest BCUT2D eigenvalue weighted by Crippen LogP contribution is 2.29. The van der Waals surface area contributed by atoms with E-state index >= 15 is 0 Å². The molecule has 1 heterocycles. The number of aliphatic hydroxyl groups excluding tert-OH is 1. The summed E-state index contributed by atoms with van der Waals surface area (Å²) in [6.07, 6.45) is 1.59. The molecule has 0 saturated heterocycles. The van der Waals surface area contributed by atoms with E-state index in [1.165, 1.54) is 23.5 Å². The standard InChI is InChI=1S/C11H10Cl2N2O3S2/c12-8-3-7(6-16)11(13)9(4-8)20(17,18)15-5-10-14-1-2-19-10/h1-4,15-16H,5-6H2. The SMILES string of the molecule is O=S(=O)(NCc1nccs1)c1cc(Cl)cc(CO)c1Cl. The van der Waals surface area contributed by atoms with Crippen molar-refractivity contribution < 1.29 is 13.5 Å². The second kappa shape index (κ2) is 6.38. The molecule has 2 N–H and O–H groups in total. The first-order valence-corrected chi connectivity index (χ1v) is 8.52. The Morgan fingerprint density at radius 2 is 2.10 bits per heavy atom. The van der Waals surface area contributed by atoms with Gasteiger partial charge in [0.15, 0.2) is 0 Å². The van der Waals surface area contributed by atoms with Gasteiger partial charge >= 0.3 is 0 Å². The fourth-order valence-corrected chi connectivity index (χ4v) is 4.06. The van der Waals surface area contributed by atoms with Gasteiger partial charge in [-0.2, -0.15) is 0 Å². The molecular formula is C11H10Cl2N2O3S2. The highest BCUT2D eigenvalue weighted by atomic mass is 35.5. The highest BCUT2D eigenvalue weighted by molar-refractivity contribution is 7.89. The van der Waals surface area contributed by atoms with Crippen molar-refractivity contribution in [3.63, 3.8) is 0 Å². The summed E-state index contributed by atoms with van der Waals surface area (Å²) in [5.41, 5.74) is 0.258. The summed E-state index contributed by atoms with van der Waals surface area (Å²) in [6, 6.07) is 2.66. The van der Waals surface area contributed by atoms with Crippen molar-refractivity contribution in [2.24, 2.45) is 0 Å². The van der Waals surface area contributed by atoms with Crippen LogP contribution in [-0.4, -0.2) is 18.5 Å². The summed E-state index contributed by atoms with van der Waals surface area (Å²) >= 11 is 13.1. The van der Waals surface area contributed by atoms with Crippen molar-refractivity contribution in [3.05, 3.63) is 44.3 Å². The normalized spacial score (nSPS) is 11.8. The molecule has 9 heteroatoms. The summed E-state index contributed by atoms with van der Waals surface area (Å²) < 4.78 is 26.8. The van der Waals surface area contributed by atoms with Crippen LogP contribution in [0.5, 0.6) is 0 Å². The summed E-state index contributed by atoms with van der Waals surface area (Å²) in [5.74, 6) is 0. The van der Waals surface area contributed by atoms with Gasteiger partial charge in [-0.1, -0.05) is 23.2 Å². The Morgan fingerprint density at radius 3 is 2.70 bits per heavy atom. The minimum atomic E-state index is -3.83. The third-order valence-electron chi connectivity index (χ3n) is 2.44. The van der Waals surface area contributed by atoms with Gasteiger partial charge < -0.3 is 5.11 Å². The smallest absolute Gasteiger partial charge is 0.242 e. The van der Waals surface area contributed by atoms with E-state index in [2.05, 4.69) is 9.71 Å². The first-order chi connectivity index (χ1) is 9.44. The molecule has 108 valence electrons. The minimum absolute atomic E-state index is 0.0384. The third kappa shape index (κ3) is 3.49. The summed E-state index contributed by atoms with van der Waals surface area (Å²) in [7, 11) is -3.83. The Morgan fingerprint density at radius 1 is 1.35 bits per heavy atom. The van der Waals surface area contributed by atoms with E-state index in [1.807, 2.05) is 0 Å². The molecule has 5 nitrogen and oxygen atoms in total. The minimum Gasteiger partial charge on any atom is -0.392 e. The lowest BCUT2D eigenvalue weighted by atomic mass is 10.2. The molecule has 0 aliphatic rings. The van der Waals surface area contributed by atoms with Gasteiger partial charge in [-0.15, -0.1) is 11.3 Å². The molecule has 2 aromatic rings. The molecule has 0 bridgehead atoms. The zero-order chi connectivity index (χ0) is 14.8. The largest absolute Gasteiger partial charge is 0.392 e. The fraction of sp³-hybridized carbons (Fsp3) is 0.182. The van der Waals surface area contributed by atoms with Gasteiger partial charge in [-0.25, -0.2) is 18.1 Å². The van der Waals surface area contributed by atoms with Crippen LogP contribution in [0, 0.1) is 0 Å². The number of rotatable bonds is 5. The Balaban J connectivity index is 2.31. The van der Waals surface area contributed by atoms with Gasteiger partial charge in [0.2, 0.25) is 10.0 Å². The highest BCUT2D eigenvalue weighted by Gasteiger charge is 2.21.